The lowest BCUT2D eigenvalue weighted by atomic mass is 10.2. The van der Waals surface area contributed by atoms with Crippen LogP contribution in [0.5, 0.6) is 0 Å². The number of alkyl halides is 1. The molecule has 1 heterocycles. The van der Waals surface area contributed by atoms with Gasteiger partial charge in [0.15, 0.2) is 0 Å². The van der Waals surface area contributed by atoms with Gasteiger partial charge in [-0.05, 0) is 18.6 Å². The van der Waals surface area contributed by atoms with Gasteiger partial charge in [-0.25, -0.2) is 4.98 Å². The van der Waals surface area contributed by atoms with Crippen LogP contribution in [-0.2, 0) is 17.8 Å². The van der Waals surface area contributed by atoms with Crippen molar-refractivity contribution < 1.29 is 4.79 Å². The molecule has 108 valence electrons. The molecular weight excluding hydrogens is 321 g/mol. The molecule has 1 aromatic carbocycles. The minimum absolute atomic E-state index is 0.311. The molecule has 0 unspecified atom stereocenters. The number of carbonyl (C=O) groups is 1. The van der Waals surface area contributed by atoms with Crippen LogP contribution < -0.4 is 5.73 Å². The largest absolute Gasteiger partial charge is 0.370 e. The number of fused-ring (bicyclic) bond motifs is 1. The van der Waals surface area contributed by atoms with Gasteiger partial charge in [-0.3, -0.25) is 4.79 Å². The highest BCUT2D eigenvalue weighted by Gasteiger charge is 2.13. The Kier molecular flexibility index (Phi) is 5.13. The fourth-order valence-corrected chi connectivity index (χ4v) is 2.59. The lowest BCUT2D eigenvalue weighted by Gasteiger charge is -2.08. The minimum atomic E-state index is -0.311. The molecule has 1 aromatic heterocycles. The maximum absolute atomic E-state index is 10.8. The Morgan fingerprint density at radius 2 is 2.00 bits per heavy atom. The van der Waals surface area contributed by atoms with Gasteiger partial charge in [0, 0.05) is 25.3 Å². The quantitative estimate of drug-likeness (QED) is 0.823. The van der Waals surface area contributed by atoms with Crippen LogP contribution in [-0.4, -0.2) is 21.3 Å². The molecule has 0 aliphatic heterocycles. The monoisotopic (exact) mass is 333 g/mol. The van der Waals surface area contributed by atoms with Gasteiger partial charge in [0.2, 0.25) is 5.91 Å². The molecule has 0 fully saturated rings. The van der Waals surface area contributed by atoms with E-state index in [0.29, 0.717) is 41.7 Å². The van der Waals surface area contributed by atoms with Gasteiger partial charge >= 0.3 is 0 Å². The smallest absolute Gasteiger partial charge is 0.217 e. The number of carbonyl (C=O) groups excluding carboxylic acids is 1. The number of hydrogen-bond acceptors (Lipinski definition) is 2. The number of benzene rings is 1. The number of halogens is 3. The molecule has 0 spiro atoms. The van der Waals surface area contributed by atoms with Crippen LogP contribution in [0.25, 0.3) is 11.0 Å². The molecule has 2 rings (SSSR count). The first kappa shape index (κ1) is 15.4. The topological polar surface area (TPSA) is 60.9 Å². The van der Waals surface area contributed by atoms with Crippen LogP contribution in [0.1, 0.15) is 18.7 Å². The zero-order valence-corrected chi connectivity index (χ0v) is 13.0. The van der Waals surface area contributed by atoms with Crippen LogP contribution >= 0.6 is 34.8 Å². The fourth-order valence-electron chi connectivity index (χ4n) is 2.11. The number of rotatable bonds is 6. The average molecular weight is 335 g/mol. The zero-order chi connectivity index (χ0) is 14.7. The third-order valence-electron chi connectivity index (χ3n) is 2.99. The summed E-state index contributed by atoms with van der Waals surface area (Å²) in [5, 5.41) is 0.950. The summed E-state index contributed by atoms with van der Waals surface area (Å²) < 4.78 is 2.02. The first-order valence-corrected chi connectivity index (χ1v) is 7.50. The molecule has 20 heavy (non-hydrogen) atoms. The molecule has 0 bridgehead atoms. The number of hydrogen-bond donors (Lipinski definition) is 1. The first-order valence-electron chi connectivity index (χ1n) is 6.21. The molecule has 7 heteroatoms. The zero-order valence-electron chi connectivity index (χ0n) is 10.7. The predicted octanol–water partition coefficient (Wildman–Crippen LogP) is 3.39. The highest BCUT2D eigenvalue weighted by Crippen LogP contribution is 2.28. The summed E-state index contributed by atoms with van der Waals surface area (Å²) in [4.78, 5) is 15.4. The maximum Gasteiger partial charge on any atom is 0.217 e. The second-order valence-electron chi connectivity index (χ2n) is 4.44. The summed E-state index contributed by atoms with van der Waals surface area (Å²) in [5.41, 5.74) is 6.83. The Balaban J connectivity index is 2.39. The highest BCUT2D eigenvalue weighted by atomic mass is 35.5. The van der Waals surface area contributed by atoms with Gasteiger partial charge in [0.05, 0.1) is 21.1 Å². The van der Waals surface area contributed by atoms with E-state index in [1.165, 1.54) is 0 Å². The predicted molar refractivity (Wildman–Crippen MR) is 82.6 cm³/mol. The number of primary amides is 1. The number of aryl methyl sites for hydroxylation is 2. The van der Waals surface area contributed by atoms with Gasteiger partial charge in [-0.1, -0.05) is 23.2 Å². The van der Waals surface area contributed by atoms with Gasteiger partial charge in [0.1, 0.15) is 5.82 Å². The Morgan fingerprint density at radius 1 is 1.30 bits per heavy atom. The third kappa shape index (κ3) is 3.37. The number of nitrogens with two attached hydrogens (primary N) is 1. The van der Waals surface area contributed by atoms with Crippen LogP contribution in [0.2, 0.25) is 10.0 Å². The van der Waals surface area contributed by atoms with Crippen LogP contribution in [0.4, 0.5) is 0 Å². The van der Waals surface area contributed by atoms with Crippen LogP contribution in [0.15, 0.2) is 12.1 Å². The molecule has 2 aromatic rings. The molecule has 0 atom stereocenters. The van der Waals surface area contributed by atoms with E-state index in [9.17, 15) is 4.79 Å². The second-order valence-corrected chi connectivity index (χ2v) is 5.64. The minimum Gasteiger partial charge on any atom is -0.370 e. The maximum atomic E-state index is 10.8. The number of nitrogens with zero attached hydrogens (tertiary/aromatic N) is 2. The molecule has 2 N–H and O–H groups in total. The summed E-state index contributed by atoms with van der Waals surface area (Å²) in [6.45, 7) is 0.642. The van der Waals surface area contributed by atoms with Gasteiger partial charge < -0.3 is 10.3 Å². The van der Waals surface area contributed by atoms with E-state index < -0.39 is 0 Å². The average Bonchev–Trinajstić information content (AvgIpc) is 2.68. The molecular formula is C13H14Cl3N3O. The van der Waals surface area contributed by atoms with E-state index in [4.69, 9.17) is 40.5 Å². The van der Waals surface area contributed by atoms with E-state index in [2.05, 4.69) is 4.98 Å². The summed E-state index contributed by atoms with van der Waals surface area (Å²) in [6.07, 6.45) is 1.62. The molecule has 0 aliphatic carbocycles. The lowest BCUT2D eigenvalue weighted by molar-refractivity contribution is -0.118. The third-order valence-corrected chi connectivity index (χ3v) is 3.90. The van der Waals surface area contributed by atoms with Crippen molar-refractivity contribution in [2.24, 2.45) is 5.73 Å². The molecule has 0 saturated heterocycles. The number of imidazole rings is 1. The Bertz CT molecular complexity index is 639. The van der Waals surface area contributed by atoms with E-state index >= 15 is 0 Å². The summed E-state index contributed by atoms with van der Waals surface area (Å²) >= 11 is 17.9. The fraction of sp³-hybridized carbons (Fsp3) is 0.385. The highest BCUT2D eigenvalue weighted by molar-refractivity contribution is 6.42. The molecule has 1 amide bonds. The normalized spacial score (nSPS) is 11.2. The Hall–Kier alpha value is -0.970. The van der Waals surface area contributed by atoms with E-state index in [1.807, 2.05) is 4.57 Å². The standard InChI is InChI=1S/C13H14Cl3N3O/c14-4-3-13-18-10-6-8(15)9(16)7-11(10)19(13)5-1-2-12(17)20/h6-7H,1-5H2,(H2,17,20). The molecule has 0 aliphatic rings. The summed E-state index contributed by atoms with van der Waals surface area (Å²) in [7, 11) is 0. The van der Waals surface area contributed by atoms with Crippen LogP contribution in [0, 0.1) is 0 Å². The van der Waals surface area contributed by atoms with E-state index in [0.717, 1.165) is 16.9 Å². The molecule has 0 saturated carbocycles. The van der Waals surface area contributed by atoms with Crippen molar-refractivity contribution >= 4 is 51.7 Å². The van der Waals surface area contributed by atoms with Gasteiger partial charge in [-0.15, -0.1) is 11.6 Å². The van der Waals surface area contributed by atoms with Crippen molar-refractivity contribution in [1.29, 1.82) is 0 Å². The molecule has 0 radical (unpaired) electrons. The SMILES string of the molecule is NC(=O)CCCn1c(CCCl)nc2cc(Cl)c(Cl)cc21. The van der Waals surface area contributed by atoms with Gasteiger partial charge in [0.25, 0.3) is 0 Å². The van der Waals surface area contributed by atoms with Crippen molar-refractivity contribution in [2.75, 3.05) is 5.88 Å². The molecule has 4 nitrogen and oxygen atoms in total. The van der Waals surface area contributed by atoms with Crippen molar-refractivity contribution in [3.05, 3.63) is 28.0 Å². The summed E-state index contributed by atoms with van der Waals surface area (Å²) in [6, 6.07) is 3.52. The Labute approximate surface area is 131 Å². The second kappa shape index (κ2) is 6.66. The lowest BCUT2D eigenvalue weighted by Crippen LogP contribution is -2.12. The van der Waals surface area contributed by atoms with Crippen molar-refractivity contribution in [2.45, 2.75) is 25.8 Å². The van der Waals surface area contributed by atoms with Crippen molar-refractivity contribution in [1.82, 2.24) is 9.55 Å². The van der Waals surface area contributed by atoms with E-state index in [-0.39, 0.29) is 5.91 Å². The van der Waals surface area contributed by atoms with E-state index in [1.54, 1.807) is 12.1 Å². The van der Waals surface area contributed by atoms with Gasteiger partial charge in [-0.2, -0.15) is 0 Å². The van der Waals surface area contributed by atoms with Crippen LogP contribution in [0.3, 0.4) is 0 Å². The number of amides is 1. The first-order chi connectivity index (χ1) is 9.52. The Morgan fingerprint density at radius 3 is 2.65 bits per heavy atom. The summed E-state index contributed by atoms with van der Waals surface area (Å²) in [5.74, 6) is 1.02. The number of aromatic nitrogens is 2. The van der Waals surface area contributed by atoms with Crippen molar-refractivity contribution in [3.8, 4) is 0 Å². The van der Waals surface area contributed by atoms with Crippen molar-refractivity contribution in [3.63, 3.8) is 0 Å².